The van der Waals surface area contributed by atoms with Gasteiger partial charge in [-0.15, -0.1) is 0 Å². The van der Waals surface area contributed by atoms with Crippen LogP contribution < -0.4 is 33.2 Å². The van der Waals surface area contributed by atoms with E-state index in [9.17, 15) is 44.1 Å². The number of para-hydroxylation sites is 1. The normalized spacial score (nSPS) is 13.6. The molecule has 4 atom stereocenters. The quantitative estimate of drug-likeness (QED) is 0.0523. The fourth-order valence-electron chi connectivity index (χ4n) is 3.98. The molecule has 0 bridgehead atoms. The maximum absolute atomic E-state index is 13.0. The Balaban J connectivity index is 2.11. The third-order valence-electron chi connectivity index (χ3n) is 6.03. The van der Waals surface area contributed by atoms with E-state index in [1.807, 2.05) is 18.2 Å². The zero-order valence-electron chi connectivity index (χ0n) is 22.4. The number of carboxylic acid groups (broad SMARTS) is 3. The highest BCUT2D eigenvalue weighted by molar-refractivity contribution is 5.97. The number of aromatic nitrogens is 1. The van der Waals surface area contributed by atoms with E-state index in [1.165, 1.54) is 0 Å². The molecule has 1 aromatic heterocycles. The minimum atomic E-state index is -1.80. The van der Waals surface area contributed by atoms with Crippen LogP contribution in [0.25, 0.3) is 10.9 Å². The lowest BCUT2D eigenvalue weighted by Gasteiger charge is -2.24. The van der Waals surface area contributed by atoms with E-state index in [0.717, 1.165) is 10.9 Å². The number of nitrogens with two attached hydrogens (primary N) is 3. The molecule has 0 radical (unpaired) electrons. The molecular weight excluding hydrogens is 556 g/mol. The van der Waals surface area contributed by atoms with E-state index < -0.39 is 72.6 Å². The van der Waals surface area contributed by atoms with Crippen molar-refractivity contribution < 1.29 is 44.1 Å². The molecule has 1 aromatic carbocycles. The van der Waals surface area contributed by atoms with Gasteiger partial charge in [0, 0.05) is 23.6 Å². The Kier molecular flexibility index (Phi) is 12.2. The second-order valence-corrected chi connectivity index (χ2v) is 9.34. The monoisotopic (exact) mass is 590 g/mol. The highest BCUT2D eigenvalue weighted by Gasteiger charge is 2.32. The van der Waals surface area contributed by atoms with Gasteiger partial charge in [0.25, 0.3) is 0 Å². The molecule has 2 rings (SSSR count). The first kappa shape index (κ1) is 33.0. The summed E-state index contributed by atoms with van der Waals surface area (Å²) in [4.78, 5) is 79.7. The summed E-state index contributed by atoms with van der Waals surface area (Å²) in [5, 5.41) is 35.2. The average molecular weight is 591 g/mol. The fraction of sp³-hybridized carbons (Fsp3) is 0.400. The Morgan fingerprint density at radius 2 is 1.38 bits per heavy atom. The van der Waals surface area contributed by atoms with Gasteiger partial charge in [-0.1, -0.05) is 18.2 Å². The number of hydrogen-bond acceptors (Lipinski definition) is 8. The molecular formula is C25H34N8O9. The van der Waals surface area contributed by atoms with Gasteiger partial charge in [0.2, 0.25) is 17.7 Å². The first-order valence-corrected chi connectivity index (χ1v) is 12.7. The lowest BCUT2D eigenvalue weighted by Crippen LogP contribution is -2.58. The minimum Gasteiger partial charge on any atom is -0.481 e. The third kappa shape index (κ3) is 10.4. The first-order chi connectivity index (χ1) is 19.8. The number of aliphatic imine (C=N–C) groups is 1. The van der Waals surface area contributed by atoms with Gasteiger partial charge >= 0.3 is 17.9 Å². The molecule has 17 heteroatoms. The minimum absolute atomic E-state index is 0.0427. The number of benzene rings is 1. The van der Waals surface area contributed by atoms with Crippen molar-refractivity contribution >= 4 is 52.5 Å². The summed E-state index contributed by atoms with van der Waals surface area (Å²) in [7, 11) is 0. The van der Waals surface area contributed by atoms with Crippen molar-refractivity contribution in [1.29, 1.82) is 0 Å². The molecule has 0 saturated carbocycles. The molecule has 0 spiro atoms. The molecule has 17 nitrogen and oxygen atoms in total. The zero-order valence-corrected chi connectivity index (χ0v) is 22.4. The maximum atomic E-state index is 13.0. The second kappa shape index (κ2) is 15.6. The smallest absolute Gasteiger partial charge is 0.326 e. The van der Waals surface area contributed by atoms with Crippen molar-refractivity contribution in [3.05, 3.63) is 36.0 Å². The van der Waals surface area contributed by atoms with Crippen LogP contribution >= 0.6 is 0 Å². The van der Waals surface area contributed by atoms with E-state index in [1.54, 1.807) is 12.3 Å². The maximum Gasteiger partial charge on any atom is 0.326 e. The summed E-state index contributed by atoms with van der Waals surface area (Å²) in [5.41, 5.74) is 18.0. The van der Waals surface area contributed by atoms with Crippen LogP contribution in [0, 0.1) is 0 Å². The van der Waals surface area contributed by atoms with Crippen LogP contribution in [0.4, 0.5) is 0 Å². The van der Waals surface area contributed by atoms with Gasteiger partial charge in [-0.25, -0.2) is 4.79 Å². The van der Waals surface area contributed by atoms with Gasteiger partial charge in [0.05, 0.1) is 18.9 Å². The van der Waals surface area contributed by atoms with Gasteiger partial charge in [0.15, 0.2) is 5.96 Å². The van der Waals surface area contributed by atoms with Crippen LogP contribution in [-0.4, -0.2) is 92.6 Å². The SMILES string of the molecule is NC(N)=NCCCC(NC(=O)C(CC(=O)O)NC(=O)C(CC(=O)O)NC(=O)C(N)Cc1c[nH]c2ccccc12)C(=O)O. The summed E-state index contributed by atoms with van der Waals surface area (Å²) in [6.07, 6.45) is -0.151. The van der Waals surface area contributed by atoms with Crippen LogP contribution in [0.15, 0.2) is 35.5 Å². The number of carboxylic acids is 3. The lowest BCUT2D eigenvalue weighted by molar-refractivity contribution is -0.145. The highest BCUT2D eigenvalue weighted by atomic mass is 16.4. The Morgan fingerprint density at radius 3 is 1.93 bits per heavy atom. The summed E-state index contributed by atoms with van der Waals surface area (Å²) >= 11 is 0. The molecule has 3 amide bonds. The van der Waals surface area contributed by atoms with E-state index in [-0.39, 0.29) is 31.8 Å². The van der Waals surface area contributed by atoms with Crippen LogP contribution in [0.2, 0.25) is 0 Å². The number of H-pyrrole nitrogens is 1. The molecule has 0 aliphatic heterocycles. The molecule has 4 unspecified atom stereocenters. The van der Waals surface area contributed by atoms with E-state index in [2.05, 4.69) is 25.9 Å². The van der Waals surface area contributed by atoms with Gasteiger partial charge in [-0.2, -0.15) is 0 Å². The van der Waals surface area contributed by atoms with Crippen LogP contribution in [0.3, 0.4) is 0 Å². The highest BCUT2D eigenvalue weighted by Crippen LogP contribution is 2.18. The second-order valence-electron chi connectivity index (χ2n) is 9.34. The predicted molar refractivity (Wildman–Crippen MR) is 148 cm³/mol. The Hall–Kier alpha value is -5.19. The number of hydrogen-bond donors (Lipinski definition) is 10. The van der Waals surface area contributed by atoms with Crippen molar-refractivity contribution in [3.8, 4) is 0 Å². The van der Waals surface area contributed by atoms with E-state index >= 15 is 0 Å². The molecule has 0 saturated heterocycles. The summed E-state index contributed by atoms with van der Waals surface area (Å²) in [6, 6.07) is 1.06. The van der Waals surface area contributed by atoms with Crippen molar-refractivity contribution in [2.45, 2.75) is 56.3 Å². The molecule has 2 aromatic rings. The topological polar surface area (TPSA) is 305 Å². The Bertz CT molecular complexity index is 1340. The van der Waals surface area contributed by atoms with Crippen LogP contribution in [-0.2, 0) is 35.2 Å². The van der Waals surface area contributed by atoms with Gasteiger partial charge < -0.3 is 53.5 Å². The number of aromatic amines is 1. The van der Waals surface area contributed by atoms with Crippen molar-refractivity contribution in [2.24, 2.45) is 22.2 Å². The molecule has 0 aliphatic carbocycles. The van der Waals surface area contributed by atoms with E-state index in [0.29, 0.717) is 5.56 Å². The molecule has 0 fully saturated rings. The van der Waals surface area contributed by atoms with Crippen molar-refractivity contribution in [3.63, 3.8) is 0 Å². The fourth-order valence-corrected chi connectivity index (χ4v) is 3.98. The largest absolute Gasteiger partial charge is 0.481 e. The first-order valence-electron chi connectivity index (χ1n) is 12.7. The molecule has 42 heavy (non-hydrogen) atoms. The van der Waals surface area contributed by atoms with Crippen LogP contribution in [0.1, 0.15) is 31.2 Å². The number of nitrogens with one attached hydrogen (secondary N) is 4. The summed E-state index contributed by atoms with van der Waals surface area (Å²) < 4.78 is 0. The van der Waals surface area contributed by atoms with Gasteiger partial charge in [-0.05, 0) is 30.9 Å². The number of aliphatic carboxylic acids is 3. The zero-order chi connectivity index (χ0) is 31.4. The predicted octanol–water partition coefficient (Wildman–Crippen LogP) is -2.42. The average Bonchev–Trinajstić information content (AvgIpc) is 3.31. The Morgan fingerprint density at radius 1 is 0.833 bits per heavy atom. The number of fused-ring (bicyclic) bond motifs is 1. The number of carbonyl (C=O) groups is 6. The van der Waals surface area contributed by atoms with Gasteiger partial charge in [0.1, 0.15) is 18.1 Å². The third-order valence-corrected chi connectivity index (χ3v) is 6.03. The number of rotatable bonds is 17. The number of guanidine groups is 1. The van der Waals surface area contributed by atoms with E-state index in [4.69, 9.17) is 17.2 Å². The molecule has 228 valence electrons. The van der Waals surface area contributed by atoms with Crippen molar-refractivity contribution in [1.82, 2.24) is 20.9 Å². The lowest BCUT2D eigenvalue weighted by atomic mass is 10.0. The van der Waals surface area contributed by atoms with Crippen LogP contribution in [0.5, 0.6) is 0 Å². The molecule has 1 heterocycles. The van der Waals surface area contributed by atoms with Gasteiger partial charge in [-0.3, -0.25) is 29.0 Å². The summed E-state index contributed by atoms with van der Waals surface area (Å²) in [6.45, 7) is 0.0658. The molecule has 13 N–H and O–H groups in total. The number of carbonyl (C=O) groups excluding carboxylic acids is 3. The number of nitrogens with zero attached hydrogens (tertiary/aromatic N) is 1. The molecule has 0 aliphatic rings. The number of amides is 3. The van der Waals surface area contributed by atoms with Crippen molar-refractivity contribution in [2.75, 3.05) is 6.54 Å². The standard InChI is InChI=1S/C25H34N8O9/c26-14(8-12-11-30-15-5-2-1-4-13(12)15)21(38)32-17(9-19(34)35)23(40)33-18(10-20(36)37)22(39)31-16(24(41)42)6-3-7-29-25(27)28/h1-2,4-5,11,14,16-18,30H,3,6-10,26H2,(H,31,39)(H,32,38)(H,33,40)(H,34,35)(H,36,37)(H,41,42)(H4,27,28,29). The Labute approximate surface area is 238 Å². The summed E-state index contributed by atoms with van der Waals surface area (Å²) in [5.74, 6) is -7.86.